The zero-order valence-electron chi connectivity index (χ0n) is 10.8. The third-order valence-corrected chi connectivity index (χ3v) is 5.19. The molecule has 0 fully saturated rings. The highest BCUT2D eigenvalue weighted by Gasteiger charge is 2.23. The van der Waals surface area contributed by atoms with E-state index in [9.17, 15) is 13.2 Å². The number of fused-ring (bicyclic) bond motifs is 1. The van der Waals surface area contributed by atoms with E-state index in [2.05, 4.69) is 9.97 Å². The number of H-pyrrole nitrogens is 1. The second-order valence-electron chi connectivity index (χ2n) is 4.39. The van der Waals surface area contributed by atoms with Crippen LogP contribution in [-0.2, 0) is 20.6 Å². The molecule has 3 aromatic rings. The van der Waals surface area contributed by atoms with E-state index in [0.29, 0.717) is 17.8 Å². The number of carbonyl (C=O) groups is 1. The number of nitrogens with one attached hydrogen (secondary N) is 1. The zero-order valence-corrected chi connectivity index (χ0v) is 12.4. The summed E-state index contributed by atoms with van der Waals surface area (Å²) < 4.78 is 25.4. The van der Waals surface area contributed by atoms with Crippen LogP contribution in [0.3, 0.4) is 0 Å². The van der Waals surface area contributed by atoms with Crippen LogP contribution >= 0.6 is 11.3 Å². The summed E-state index contributed by atoms with van der Waals surface area (Å²) in [6, 6.07) is 6.86. The van der Waals surface area contributed by atoms with E-state index in [4.69, 9.17) is 0 Å². The molecule has 108 valence electrons. The van der Waals surface area contributed by atoms with E-state index in [1.165, 1.54) is 11.3 Å². The van der Waals surface area contributed by atoms with Gasteiger partial charge < -0.3 is 4.98 Å². The number of hydrogen-bond acceptors (Lipinski definition) is 5. The smallest absolute Gasteiger partial charge is 0.247 e. The Morgan fingerprint density at radius 1 is 1.33 bits per heavy atom. The van der Waals surface area contributed by atoms with Gasteiger partial charge in [0.25, 0.3) is 0 Å². The predicted octanol–water partition coefficient (Wildman–Crippen LogP) is 2.12. The third kappa shape index (κ3) is 2.67. The van der Waals surface area contributed by atoms with Crippen molar-refractivity contribution >= 4 is 44.4 Å². The van der Waals surface area contributed by atoms with Crippen LogP contribution in [0.5, 0.6) is 0 Å². The Bertz CT molecular complexity index is 869. The Morgan fingerprint density at radius 3 is 2.90 bits per heavy atom. The summed E-state index contributed by atoms with van der Waals surface area (Å²) >= 11 is 1.31. The van der Waals surface area contributed by atoms with Crippen molar-refractivity contribution in [3.63, 3.8) is 0 Å². The minimum atomic E-state index is -3.80. The number of carbonyl (C=O) groups excluding carboxylic acids is 1. The lowest BCUT2D eigenvalue weighted by molar-refractivity contribution is -0.106. The molecule has 2 heterocycles. The van der Waals surface area contributed by atoms with Gasteiger partial charge in [-0.2, -0.15) is 0 Å². The predicted molar refractivity (Wildman–Crippen MR) is 81.6 cm³/mol. The van der Waals surface area contributed by atoms with Crippen LogP contribution in [0.2, 0.25) is 0 Å². The van der Waals surface area contributed by atoms with E-state index in [1.807, 2.05) is 6.07 Å². The van der Waals surface area contributed by atoms with Gasteiger partial charge in [-0.1, -0.05) is 6.07 Å². The van der Waals surface area contributed by atoms with Crippen LogP contribution < -0.4 is 4.31 Å². The molecule has 0 saturated carbocycles. The van der Waals surface area contributed by atoms with Crippen molar-refractivity contribution in [2.45, 2.75) is 5.75 Å². The summed E-state index contributed by atoms with van der Waals surface area (Å²) in [6.07, 6.45) is 2.06. The van der Waals surface area contributed by atoms with Crippen molar-refractivity contribution in [3.8, 4) is 0 Å². The Morgan fingerprint density at radius 2 is 2.19 bits per heavy atom. The largest absolute Gasteiger partial charge is 0.361 e. The number of benzene rings is 1. The summed E-state index contributed by atoms with van der Waals surface area (Å²) in [7, 11) is -3.80. The standard InChI is InChI=1S/C13H11N3O3S2/c17-9-16(21(18,19)7-11-6-20-8-15-11)12-2-1-10-3-4-14-13(10)5-12/h1-6,8-9,14H,7H2. The SMILES string of the molecule is O=CN(c1ccc2cc[nH]c2c1)S(=O)(=O)Cc1cscn1. The molecule has 6 nitrogen and oxygen atoms in total. The van der Waals surface area contributed by atoms with Crippen LogP contribution in [0.1, 0.15) is 5.69 Å². The molecule has 8 heteroatoms. The topological polar surface area (TPSA) is 83.1 Å². The van der Waals surface area contributed by atoms with Crippen molar-refractivity contribution in [2.24, 2.45) is 0 Å². The number of aromatic nitrogens is 2. The molecule has 0 spiro atoms. The first-order chi connectivity index (χ1) is 10.1. The molecule has 21 heavy (non-hydrogen) atoms. The van der Waals surface area contributed by atoms with Gasteiger partial charge in [0.2, 0.25) is 16.4 Å². The number of rotatable bonds is 5. The second kappa shape index (κ2) is 5.30. The number of sulfonamides is 1. The van der Waals surface area contributed by atoms with Crippen LogP contribution in [0.25, 0.3) is 10.9 Å². The van der Waals surface area contributed by atoms with Crippen LogP contribution in [0.4, 0.5) is 5.69 Å². The maximum Gasteiger partial charge on any atom is 0.247 e. The normalized spacial score (nSPS) is 11.6. The van der Waals surface area contributed by atoms with E-state index in [1.54, 1.807) is 35.3 Å². The van der Waals surface area contributed by atoms with Crippen molar-refractivity contribution < 1.29 is 13.2 Å². The number of aromatic amines is 1. The fourth-order valence-electron chi connectivity index (χ4n) is 2.03. The Kier molecular flexibility index (Phi) is 3.48. The van der Waals surface area contributed by atoms with Crippen molar-refractivity contribution in [1.29, 1.82) is 0 Å². The Balaban J connectivity index is 1.98. The molecule has 0 bridgehead atoms. The van der Waals surface area contributed by atoms with Gasteiger partial charge in [0.1, 0.15) is 5.75 Å². The van der Waals surface area contributed by atoms with E-state index >= 15 is 0 Å². The lowest BCUT2D eigenvalue weighted by Crippen LogP contribution is -2.30. The van der Waals surface area contributed by atoms with Crippen molar-refractivity contribution in [2.75, 3.05) is 4.31 Å². The molecule has 0 saturated heterocycles. The number of hydrogen-bond donors (Lipinski definition) is 1. The molecule has 1 aromatic carbocycles. The maximum atomic E-state index is 12.4. The number of amides is 1. The van der Waals surface area contributed by atoms with Gasteiger partial charge in [0, 0.05) is 17.1 Å². The third-order valence-electron chi connectivity index (χ3n) is 3.00. The maximum absolute atomic E-state index is 12.4. The molecule has 0 aliphatic rings. The molecule has 0 aliphatic heterocycles. The Labute approximate surface area is 125 Å². The molecule has 2 aromatic heterocycles. The summed E-state index contributed by atoms with van der Waals surface area (Å²) in [5.41, 5.74) is 3.05. The monoisotopic (exact) mass is 321 g/mol. The van der Waals surface area contributed by atoms with Gasteiger partial charge in [-0.05, 0) is 23.6 Å². The zero-order chi connectivity index (χ0) is 14.9. The highest BCUT2D eigenvalue weighted by molar-refractivity contribution is 7.92. The van der Waals surface area contributed by atoms with Gasteiger partial charge in [-0.25, -0.2) is 17.7 Å². The minimum Gasteiger partial charge on any atom is -0.361 e. The fraction of sp³-hybridized carbons (Fsp3) is 0.0769. The van der Waals surface area contributed by atoms with Gasteiger partial charge in [-0.15, -0.1) is 11.3 Å². The van der Waals surface area contributed by atoms with Gasteiger partial charge >= 0.3 is 0 Å². The van der Waals surface area contributed by atoms with Crippen molar-refractivity contribution in [3.05, 3.63) is 47.0 Å². The summed E-state index contributed by atoms with van der Waals surface area (Å²) in [4.78, 5) is 18.2. The average Bonchev–Trinajstić information content (AvgIpc) is 3.09. The lowest BCUT2D eigenvalue weighted by Gasteiger charge is -2.17. The van der Waals surface area contributed by atoms with Crippen LogP contribution in [-0.4, -0.2) is 24.8 Å². The number of thiazole rings is 1. The average molecular weight is 321 g/mol. The van der Waals surface area contributed by atoms with Gasteiger partial charge in [-0.3, -0.25) is 4.79 Å². The van der Waals surface area contributed by atoms with Gasteiger partial charge in [0.15, 0.2) is 0 Å². The quantitative estimate of drug-likeness (QED) is 0.730. The molecule has 0 atom stereocenters. The van der Waals surface area contributed by atoms with Gasteiger partial charge in [0.05, 0.1) is 16.9 Å². The number of nitrogens with zero attached hydrogens (tertiary/aromatic N) is 2. The lowest BCUT2D eigenvalue weighted by atomic mass is 10.2. The fourth-order valence-corrected chi connectivity index (χ4v) is 3.93. The van der Waals surface area contributed by atoms with E-state index in [-0.39, 0.29) is 5.75 Å². The second-order valence-corrected chi connectivity index (χ2v) is 6.95. The highest BCUT2D eigenvalue weighted by atomic mass is 32.2. The Hall–Kier alpha value is -2.19. The molecule has 1 amide bonds. The molecule has 0 aliphatic carbocycles. The molecular formula is C13H11N3O3S2. The molecule has 0 unspecified atom stereocenters. The molecular weight excluding hydrogens is 310 g/mol. The first-order valence-electron chi connectivity index (χ1n) is 6.02. The van der Waals surface area contributed by atoms with Crippen molar-refractivity contribution in [1.82, 2.24) is 9.97 Å². The summed E-state index contributed by atoms with van der Waals surface area (Å²) in [6.45, 7) is 0. The molecule has 1 N–H and O–H groups in total. The first-order valence-corrected chi connectivity index (χ1v) is 8.57. The van der Waals surface area contributed by atoms with E-state index < -0.39 is 10.0 Å². The minimum absolute atomic E-state index is 0.301. The highest BCUT2D eigenvalue weighted by Crippen LogP contribution is 2.23. The summed E-state index contributed by atoms with van der Waals surface area (Å²) in [5.74, 6) is -0.308. The van der Waals surface area contributed by atoms with Crippen LogP contribution in [0.15, 0.2) is 41.4 Å². The number of anilines is 1. The molecule has 0 radical (unpaired) electrons. The van der Waals surface area contributed by atoms with Crippen LogP contribution in [0, 0.1) is 0 Å². The van der Waals surface area contributed by atoms with E-state index in [0.717, 1.165) is 15.2 Å². The molecule has 3 rings (SSSR count). The summed E-state index contributed by atoms with van der Waals surface area (Å²) in [5, 5.41) is 2.59. The first kappa shape index (κ1) is 13.8.